The topological polar surface area (TPSA) is 76.6 Å². The van der Waals surface area contributed by atoms with E-state index in [1.807, 2.05) is 42.7 Å². The molecule has 1 aliphatic heterocycles. The molecule has 1 fully saturated rings. The molecular weight excluding hydrogens is 392 g/mol. The summed E-state index contributed by atoms with van der Waals surface area (Å²) in [5.41, 5.74) is 2.69. The van der Waals surface area contributed by atoms with E-state index in [9.17, 15) is 4.79 Å². The molecule has 7 nitrogen and oxygen atoms in total. The summed E-state index contributed by atoms with van der Waals surface area (Å²) >= 11 is 0. The number of ether oxygens (including phenoxy) is 2. The predicted octanol–water partition coefficient (Wildman–Crippen LogP) is 4.02. The number of anilines is 2. The Bertz CT molecular complexity index is 1020. The van der Waals surface area contributed by atoms with E-state index in [2.05, 4.69) is 20.2 Å². The molecule has 31 heavy (non-hydrogen) atoms. The fourth-order valence-corrected chi connectivity index (χ4v) is 3.77. The Morgan fingerprint density at radius 3 is 2.52 bits per heavy atom. The largest absolute Gasteiger partial charge is 0.497 e. The zero-order valence-electron chi connectivity index (χ0n) is 17.7. The van der Waals surface area contributed by atoms with Crippen molar-refractivity contribution in [3.05, 3.63) is 60.9 Å². The number of rotatable bonds is 6. The summed E-state index contributed by atoms with van der Waals surface area (Å²) in [5, 5.41) is 3.00. The number of carbonyl (C=O) groups excluding carboxylic acids is 1. The monoisotopic (exact) mass is 418 g/mol. The molecule has 0 aliphatic carbocycles. The number of carbonyl (C=O) groups is 1. The van der Waals surface area contributed by atoms with Gasteiger partial charge >= 0.3 is 0 Å². The zero-order valence-corrected chi connectivity index (χ0v) is 17.7. The van der Waals surface area contributed by atoms with Crippen molar-refractivity contribution in [3.8, 4) is 22.6 Å². The first-order chi connectivity index (χ1) is 15.2. The molecule has 0 saturated carbocycles. The molecule has 0 unspecified atom stereocenters. The standard InChI is InChI=1S/C24H26N4O3/c1-30-20-10-11-21(22(13-20)31-2)27-23(29)18-9-6-12-28(16-18)24-25-14-19(15-26-24)17-7-4-3-5-8-17/h3-5,7-8,10-11,13-15,18H,6,9,12,16H2,1-2H3,(H,27,29)/t18-/m1/s1. The van der Waals surface area contributed by atoms with E-state index in [0.717, 1.165) is 30.5 Å². The van der Waals surface area contributed by atoms with Crippen molar-refractivity contribution in [3.63, 3.8) is 0 Å². The van der Waals surface area contributed by atoms with Crippen LogP contribution in [0.25, 0.3) is 11.1 Å². The summed E-state index contributed by atoms with van der Waals surface area (Å²) in [5.74, 6) is 1.71. The van der Waals surface area contributed by atoms with Gasteiger partial charge in [0, 0.05) is 37.1 Å². The van der Waals surface area contributed by atoms with Gasteiger partial charge in [-0.05, 0) is 30.5 Å². The first-order valence-electron chi connectivity index (χ1n) is 10.3. The lowest BCUT2D eigenvalue weighted by molar-refractivity contribution is -0.120. The van der Waals surface area contributed by atoms with Crippen LogP contribution < -0.4 is 19.7 Å². The number of methoxy groups -OCH3 is 2. The van der Waals surface area contributed by atoms with Crippen LogP contribution in [0.1, 0.15) is 12.8 Å². The molecule has 2 aromatic carbocycles. The van der Waals surface area contributed by atoms with E-state index in [-0.39, 0.29) is 11.8 Å². The molecule has 0 spiro atoms. The molecule has 1 amide bonds. The van der Waals surface area contributed by atoms with Crippen molar-refractivity contribution in [2.45, 2.75) is 12.8 Å². The Morgan fingerprint density at radius 2 is 1.81 bits per heavy atom. The van der Waals surface area contributed by atoms with Crippen LogP contribution in [0.5, 0.6) is 11.5 Å². The van der Waals surface area contributed by atoms with Crippen LogP contribution in [0.4, 0.5) is 11.6 Å². The Hall–Kier alpha value is -3.61. The number of piperidine rings is 1. The molecule has 7 heteroatoms. The first kappa shape index (κ1) is 20.7. The molecular formula is C24H26N4O3. The molecule has 1 aromatic heterocycles. The second-order valence-corrected chi connectivity index (χ2v) is 7.48. The Labute approximate surface area is 182 Å². The van der Waals surface area contributed by atoms with Gasteiger partial charge in [0.1, 0.15) is 11.5 Å². The maximum absolute atomic E-state index is 12.9. The molecule has 1 atom stereocenters. The number of nitrogens with zero attached hydrogens (tertiary/aromatic N) is 3. The van der Waals surface area contributed by atoms with Gasteiger partial charge in [-0.15, -0.1) is 0 Å². The van der Waals surface area contributed by atoms with Crippen LogP contribution >= 0.6 is 0 Å². The zero-order chi connectivity index (χ0) is 21.6. The molecule has 0 bridgehead atoms. The number of nitrogens with one attached hydrogen (secondary N) is 1. The number of benzene rings is 2. The molecule has 2 heterocycles. The van der Waals surface area contributed by atoms with Gasteiger partial charge < -0.3 is 19.7 Å². The third kappa shape index (κ3) is 4.77. The van der Waals surface area contributed by atoms with E-state index in [1.54, 1.807) is 32.4 Å². The highest BCUT2D eigenvalue weighted by Gasteiger charge is 2.27. The predicted molar refractivity (Wildman–Crippen MR) is 121 cm³/mol. The average molecular weight is 418 g/mol. The summed E-state index contributed by atoms with van der Waals surface area (Å²) in [6.45, 7) is 1.41. The quantitative estimate of drug-likeness (QED) is 0.652. The minimum atomic E-state index is -0.155. The summed E-state index contributed by atoms with van der Waals surface area (Å²) in [6, 6.07) is 15.4. The smallest absolute Gasteiger partial charge is 0.229 e. The van der Waals surface area contributed by atoms with E-state index in [4.69, 9.17) is 9.47 Å². The maximum Gasteiger partial charge on any atom is 0.229 e. The SMILES string of the molecule is COc1ccc(NC(=O)[C@@H]2CCCN(c3ncc(-c4ccccc4)cn3)C2)c(OC)c1. The van der Waals surface area contributed by atoms with Crippen LogP contribution in [0, 0.1) is 5.92 Å². The van der Waals surface area contributed by atoms with Gasteiger partial charge in [-0.2, -0.15) is 0 Å². The molecule has 1 aliphatic rings. The lowest BCUT2D eigenvalue weighted by atomic mass is 9.97. The van der Waals surface area contributed by atoms with Crippen molar-refractivity contribution in [1.29, 1.82) is 0 Å². The van der Waals surface area contributed by atoms with Crippen molar-refractivity contribution in [1.82, 2.24) is 9.97 Å². The molecule has 1 N–H and O–H groups in total. The van der Waals surface area contributed by atoms with Gasteiger partial charge in [0.25, 0.3) is 0 Å². The van der Waals surface area contributed by atoms with Crippen LogP contribution in [0.2, 0.25) is 0 Å². The number of hydrogen-bond acceptors (Lipinski definition) is 6. The molecule has 3 aromatic rings. The van der Waals surface area contributed by atoms with E-state index in [1.165, 1.54) is 0 Å². The van der Waals surface area contributed by atoms with Crippen LogP contribution in [-0.2, 0) is 4.79 Å². The molecule has 160 valence electrons. The molecule has 1 saturated heterocycles. The Morgan fingerprint density at radius 1 is 1.03 bits per heavy atom. The highest BCUT2D eigenvalue weighted by molar-refractivity contribution is 5.94. The second-order valence-electron chi connectivity index (χ2n) is 7.48. The molecule has 0 radical (unpaired) electrons. The number of aromatic nitrogens is 2. The first-order valence-corrected chi connectivity index (χ1v) is 10.3. The maximum atomic E-state index is 12.9. The van der Waals surface area contributed by atoms with Crippen LogP contribution in [-0.4, -0.2) is 43.2 Å². The van der Waals surface area contributed by atoms with Gasteiger partial charge in [-0.25, -0.2) is 9.97 Å². The van der Waals surface area contributed by atoms with Crippen molar-refractivity contribution in [2.24, 2.45) is 5.92 Å². The van der Waals surface area contributed by atoms with Gasteiger partial charge in [-0.1, -0.05) is 30.3 Å². The summed E-state index contributed by atoms with van der Waals surface area (Å²) < 4.78 is 10.6. The van der Waals surface area contributed by atoms with E-state index in [0.29, 0.717) is 29.7 Å². The number of hydrogen-bond donors (Lipinski definition) is 1. The van der Waals surface area contributed by atoms with Gasteiger partial charge in [-0.3, -0.25) is 4.79 Å². The lowest BCUT2D eigenvalue weighted by Gasteiger charge is -2.32. The third-order valence-corrected chi connectivity index (χ3v) is 5.49. The minimum Gasteiger partial charge on any atom is -0.497 e. The van der Waals surface area contributed by atoms with Gasteiger partial charge in [0.15, 0.2) is 0 Å². The van der Waals surface area contributed by atoms with E-state index >= 15 is 0 Å². The third-order valence-electron chi connectivity index (χ3n) is 5.49. The van der Waals surface area contributed by atoms with Crippen molar-refractivity contribution in [2.75, 3.05) is 37.5 Å². The lowest BCUT2D eigenvalue weighted by Crippen LogP contribution is -2.41. The second kappa shape index (κ2) is 9.47. The van der Waals surface area contributed by atoms with Gasteiger partial charge in [0.2, 0.25) is 11.9 Å². The summed E-state index contributed by atoms with van der Waals surface area (Å²) in [6.07, 6.45) is 5.40. The highest BCUT2D eigenvalue weighted by atomic mass is 16.5. The summed E-state index contributed by atoms with van der Waals surface area (Å²) in [7, 11) is 3.17. The average Bonchev–Trinajstić information content (AvgIpc) is 2.85. The highest BCUT2D eigenvalue weighted by Crippen LogP contribution is 2.30. The number of amides is 1. The fourth-order valence-electron chi connectivity index (χ4n) is 3.77. The minimum absolute atomic E-state index is 0.0333. The van der Waals surface area contributed by atoms with Crippen LogP contribution in [0.15, 0.2) is 60.9 Å². The van der Waals surface area contributed by atoms with Crippen LogP contribution in [0.3, 0.4) is 0 Å². The Balaban J connectivity index is 1.43. The Kier molecular flexibility index (Phi) is 6.31. The normalized spacial score (nSPS) is 15.9. The van der Waals surface area contributed by atoms with Crippen molar-refractivity contribution >= 4 is 17.5 Å². The van der Waals surface area contributed by atoms with Crippen molar-refractivity contribution < 1.29 is 14.3 Å². The fraction of sp³-hybridized carbons (Fsp3) is 0.292. The molecule has 4 rings (SSSR count). The van der Waals surface area contributed by atoms with E-state index < -0.39 is 0 Å². The van der Waals surface area contributed by atoms with Gasteiger partial charge in [0.05, 0.1) is 25.8 Å². The summed E-state index contributed by atoms with van der Waals surface area (Å²) in [4.78, 5) is 24.1.